The van der Waals surface area contributed by atoms with E-state index in [9.17, 15) is 31.5 Å². The van der Waals surface area contributed by atoms with Crippen molar-refractivity contribution >= 4 is 23.6 Å². The second kappa shape index (κ2) is 6.74. The van der Waals surface area contributed by atoms with Crippen LogP contribution in [0.3, 0.4) is 0 Å². The number of carbonyl (C=O) groups is 2. The summed E-state index contributed by atoms with van der Waals surface area (Å²) in [4.78, 5) is 20.3. The minimum atomic E-state index is -2.30. The highest BCUT2D eigenvalue weighted by Gasteiger charge is 2.27. The molecule has 0 radical (unpaired) electrons. The zero-order valence-corrected chi connectivity index (χ0v) is 11.2. The van der Waals surface area contributed by atoms with E-state index in [0.29, 0.717) is 0 Å². The van der Waals surface area contributed by atoms with Gasteiger partial charge in [-0.1, -0.05) is 0 Å². The summed E-state index contributed by atoms with van der Waals surface area (Å²) in [6.07, 6.45) is 0. The van der Waals surface area contributed by atoms with Crippen molar-refractivity contribution in [1.29, 1.82) is 0 Å². The van der Waals surface area contributed by atoms with Crippen molar-refractivity contribution < 1.29 is 36.6 Å². The van der Waals surface area contributed by atoms with Crippen molar-refractivity contribution in [2.45, 2.75) is 17.9 Å². The monoisotopic (exact) mass is 329 g/mol. The van der Waals surface area contributed by atoms with Gasteiger partial charge >= 0.3 is 5.97 Å². The Bertz CT molecular complexity index is 567. The zero-order chi connectivity index (χ0) is 16.3. The van der Waals surface area contributed by atoms with Gasteiger partial charge in [-0.25, -0.2) is 26.7 Å². The molecule has 0 aliphatic carbocycles. The molecule has 1 unspecified atom stereocenters. The fraction of sp³-hybridized carbons (Fsp3) is 0.273. The van der Waals surface area contributed by atoms with E-state index in [-0.39, 0.29) is 11.8 Å². The van der Waals surface area contributed by atoms with Crippen LogP contribution >= 0.6 is 11.8 Å². The number of hydrogen-bond acceptors (Lipinski definition) is 3. The van der Waals surface area contributed by atoms with Crippen molar-refractivity contribution in [3.05, 3.63) is 29.1 Å². The molecule has 1 aromatic rings. The average Bonchev–Trinajstić information content (AvgIpc) is 2.41. The van der Waals surface area contributed by atoms with Crippen LogP contribution in [0.4, 0.5) is 22.0 Å². The maximum atomic E-state index is 13.3. The van der Waals surface area contributed by atoms with E-state index in [2.05, 4.69) is 0 Å². The number of carboxylic acids is 1. The van der Waals surface area contributed by atoms with Gasteiger partial charge in [0.25, 0.3) is 0 Å². The van der Waals surface area contributed by atoms with Crippen LogP contribution in [0.1, 0.15) is 6.92 Å². The summed E-state index contributed by atoms with van der Waals surface area (Å²) in [6.45, 7) is 1.01. The largest absolute Gasteiger partial charge is 0.480 e. The van der Waals surface area contributed by atoms with Gasteiger partial charge in [-0.3, -0.25) is 4.79 Å². The van der Waals surface area contributed by atoms with Crippen LogP contribution in [0.2, 0.25) is 0 Å². The Balaban J connectivity index is 3.03. The van der Waals surface area contributed by atoms with E-state index in [0.717, 1.165) is 6.92 Å². The number of benzene rings is 1. The van der Waals surface area contributed by atoms with Crippen molar-refractivity contribution in [1.82, 2.24) is 5.32 Å². The molecule has 0 saturated heterocycles. The Morgan fingerprint density at radius 2 is 1.48 bits per heavy atom. The standard InChI is InChI=1S/C11H8F5NO3S/c1-3(18)17-4(11(19)20)2-21-10-8(15)6(13)5(12)7(14)9(10)16/h4H,2H2,1H3,(H,17,18)(H,19,20). The number of halogens is 5. The topological polar surface area (TPSA) is 66.4 Å². The van der Waals surface area contributed by atoms with E-state index < -0.39 is 57.7 Å². The molecular weight excluding hydrogens is 321 g/mol. The van der Waals surface area contributed by atoms with Crippen LogP contribution in [-0.2, 0) is 9.59 Å². The highest BCUT2D eigenvalue weighted by atomic mass is 32.2. The lowest BCUT2D eigenvalue weighted by Crippen LogP contribution is -2.41. The molecule has 21 heavy (non-hydrogen) atoms. The van der Waals surface area contributed by atoms with Crippen LogP contribution in [0.15, 0.2) is 4.90 Å². The molecule has 10 heteroatoms. The van der Waals surface area contributed by atoms with Gasteiger partial charge in [-0.2, -0.15) is 0 Å². The number of nitrogens with one attached hydrogen (secondary N) is 1. The Labute approximate surface area is 119 Å². The number of hydrogen-bond donors (Lipinski definition) is 2. The van der Waals surface area contributed by atoms with Crippen LogP contribution in [0.5, 0.6) is 0 Å². The summed E-state index contributed by atoms with van der Waals surface area (Å²) >= 11 is 0.0969. The molecule has 0 aromatic heterocycles. The Hall–Kier alpha value is -1.84. The first kappa shape index (κ1) is 17.2. The van der Waals surface area contributed by atoms with E-state index in [1.54, 1.807) is 0 Å². The molecule has 0 aliphatic heterocycles. The molecule has 1 aromatic carbocycles. The smallest absolute Gasteiger partial charge is 0.327 e. The Morgan fingerprint density at radius 3 is 1.86 bits per heavy atom. The Morgan fingerprint density at radius 1 is 1.05 bits per heavy atom. The molecule has 2 N–H and O–H groups in total. The summed E-state index contributed by atoms with van der Waals surface area (Å²) in [5, 5.41) is 10.7. The predicted octanol–water partition coefficient (Wildman–Crippen LogP) is 2.06. The van der Waals surface area contributed by atoms with Gasteiger partial charge in [0.05, 0.1) is 4.90 Å². The molecule has 0 saturated carbocycles. The van der Waals surface area contributed by atoms with Crippen molar-refractivity contribution in [2.24, 2.45) is 0 Å². The molecule has 0 bridgehead atoms. The first-order valence-electron chi connectivity index (χ1n) is 5.31. The third-order valence-electron chi connectivity index (χ3n) is 2.24. The lowest BCUT2D eigenvalue weighted by Gasteiger charge is -2.13. The summed E-state index contributed by atoms with van der Waals surface area (Å²) in [6, 6.07) is -1.54. The highest BCUT2D eigenvalue weighted by molar-refractivity contribution is 7.99. The van der Waals surface area contributed by atoms with Crippen LogP contribution in [0, 0.1) is 29.1 Å². The van der Waals surface area contributed by atoms with E-state index in [4.69, 9.17) is 5.11 Å². The van der Waals surface area contributed by atoms with Gasteiger partial charge in [0, 0.05) is 12.7 Å². The minimum absolute atomic E-state index is 0.0969. The SMILES string of the molecule is CC(=O)NC(CSc1c(F)c(F)c(F)c(F)c1F)C(=O)O. The maximum absolute atomic E-state index is 13.3. The molecule has 1 atom stereocenters. The van der Waals surface area contributed by atoms with Crippen molar-refractivity contribution in [2.75, 3.05) is 5.75 Å². The second-order valence-electron chi connectivity index (χ2n) is 3.80. The number of carboxylic acid groups (broad SMARTS) is 1. The van der Waals surface area contributed by atoms with Crippen molar-refractivity contribution in [3.63, 3.8) is 0 Å². The third-order valence-corrected chi connectivity index (χ3v) is 3.39. The minimum Gasteiger partial charge on any atom is -0.480 e. The summed E-state index contributed by atoms with van der Waals surface area (Å²) < 4.78 is 65.4. The Kier molecular flexibility index (Phi) is 5.53. The van der Waals surface area contributed by atoms with Gasteiger partial charge < -0.3 is 10.4 Å². The van der Waals surface area contributed by atoms with Gasteiger partial charge in [-0.15, -0.1) is 11.8 Å². The first-order valence-corrected chi connectivity index (χ1v) is 6.29. The molecule has 1 amide bonds. The first-order chi connectivity index (χ1) is 9.66. The maximum Gasteiger partial charge on any atom is 0.327 e. The normalized spacial score (nSPS) is 12.1. The molecule has 4 nitrogen and oxygen atoms in total. The fourth-order valence-corrected chi connectivity index (χ4v) is 2.29. The number of amides is 1. The average molecular weight is 329 g/mol. The zero-order valence-electron chi connectivity index (χ0n) is 10.3. The van der Waals surface area contributed by atoms with Gasteiger partial charge in [0.1, 0.15) is 6.04 Å². The predicted molar refractivity (Wildman–Crippen MR) is 62.2 cm³/mol. The molecule has 0 fully saturated rings. The molecule has 0 spiro atoms. The number of carbonyl (C=O) groups excluding carboxylic acids is 1. The lowest BCUT2D eigenvalue weighted by molar-refractivity contribution is -0.140. The number of thioether (sulfide) groups is 1. The van der Waals surface area contributed by atoms with Crippen LogP contribution in [0.25, 0.3) is 0 Å². The van der Waals surface area contributed by atoms with E-state index in [1.165, 1.54) is 0 Å². The van der Waals surface area contributed by atoms with Gasteiger partial charge in [0.15, 0.2) is 23.3 Å². The highest BCUT2D eigenvalue weighted by Crippen LogP contribution is 2.31. The van der Waals surface area contributed by atoms with E-state index >= 15 is 0 Å². The van der Waals surface area contributed by atoms with Crippen molar-refractivity contribution in [3.8, 4) is 0 Å². The summed E-state index contributed by atoms with van der Waals surface area (Å²) in [7, 11) is 0. The van der Waals surface area contributed by atoms with Gasteiger partial charge in [-0.05, 0) is 0 Å². The molecule has 1 rings (SSSR count). The fourth-order valence-electron chi connectivity index (χ4n) is 1.30. The molecule has 0 heterocycles. The molecule has 116 valence electrons. The molecule has 0 aliphatic rings. The number of rotatable bonds is 5. The summed E-state index contributed by atoms with van der Waals surface area (Å²) in [5.41, 5.74) is 0. The van der Waals surface area contributed by atoms with Crippen LogP contribution < -0.4 is 5.32 Å². The van der Waals surface area contributed by atoms with Crippen LogP contribution in [-0.4, -0.2) is 28.8 Å². The van der Waals surface area contributed by atoms with E-state index in [1.807, 2.05) is 5.32 Å². The second-order valence-corrected chi connectivity index (χ2v) is 4.83. The quantitative estimate of drug-likeness (QED) is 0.376. The third kappa shape index (κ3) is 3.84. The number of aliphatic carboxylic acids is 1. The van der Waals surface area contributed by atoms with Gasteiger partial charge in [0.2, 0.25) is 11.7 Å². The summed E-state index contributed by atoms with van der Waals surface area (Å²) in [5.74, 6) is -13.5. The lowest BCUT2D eigenvalue weighted by atomic mass is 10.3. The molecular formula is C11H8F5NO3S.